The lowest BCUT2D eigenvalue weighted by Gasteiger charge is -2.07. The molecule has 1 aromatic heterocycles. The van der Waals surface area contributed by atoms with E-state index in [9.17, 15) is 8.78 Å². The molecule has 0 fully saturated rings. The molecule has 0 aliphatic carbocycles. The third-order valence-electron chi connectivity index (χ3n) is 1.94. The van der Waals surface area contributed by atoms with Crippen LogP contribution in [-0.4, -0.2) is 31.2 Å². The summed E-state index contributed by atoms with van der Waals surface area (Å²) in [4.78, 5) is 4.08. The molecule has 0 aromatic carbocycles. The summed E-state index contributed by atoms with van der Waals surface area (Å²) in [5.74, 6) is 0.615. The number of hydrogen-bond acceptors (Lipinski definition) is 4. The van der Waals surface area contributed by atoms with E-state index in [0.717, 1.165) is 5.56 Å². The van der Waals surface area contributed by atoms with E-state index >= 15 is 0 Å². The van der Waals surface area contributed by atoms with Crippen molar-refractivity contribution in [3.8, 4) is 0 Å². The number of alkyl halides is 2. The number of pyridine rings is 1. The van der Waals surface area contributed by atoms with Gasteiger partial charge in [-0.05, 0) is 12.5 Å². The van der Waals surface area contributed by atoms with Gasteiger partial charge in [0, 0.05) is 24.5 Å². The molecule has 1 heterocycles. The first-order chi connectivity index (χ1) is 7.59. The normalized spacial score (nSPS) is 10.8. The van der Waals surface area contributed by atoms with Gasteiger partial charge in [0.2, 0.25) is 0 Å². The molecule has 0 bridgehead atoms. The van der Waals surface area contributed by atoms with E-state index in [2.05, 4.69) is 10.3 Å². The third kappa shape index (κ3) is 4.39. The van der Waals surface area contributed by atoms with Gasteiger partial charge in [-0.15, -0.1) is 0 Å². The maximum Gasteiger partial charge on any atom is 0.261 e. The number of nitrogens with two attached hydrogens (primary N) is 1. The van der Waals surface area contributed by atoms with Crippen molar-refractivity contribution in [2.75, 3.05) is 30.8 Å². The average molecular weight is 231 g/mol. The highest BCUT2D eigenvalue weighted by Gasteiger charge is 2.01. The summed E-state index contributed by atoms with van der Waals surface area (Å²) < 4.78 is 28.1. The van der Waals surface area contributed by atoms with Crippen LogP contribution in [0.1, 0.15) is 5.56 Å². The molecular formula is C10H15F2N3O. The minimum Gasteiger partial charge on any atom is -0.398 e. The van der Waals surface area contributed by atoms with Gasteiger partial charge >= 0.3 is 0 Å². The SMILES string of the molecule is Cc1cnc(NCCOCC(F)F)cc1N. The Morgan fingerprint density at radius 1 is 1.56 bits per heavy atom. The van der Waals surface area contributed by atoms with Crippen LogP contribution in [0.15, 0.2) is 12.3 Å². The van der Waals surface area contributed by atoms with E-state index in [1.54, 1.807) is 12.3 Å². The molecule has 0 aliphatic heterocycles. The molecule has 4 nitrogen and oxygen atoms in total. The summed E-state index contributed by atoms with van der Waals surface area (Å²) in [6, 6.07) is 1.70. The molecule has 1 aromatic rings. The number of nitrogens with one attached hydrogen (secondary N) is 1. The van der Waals surface area contributed by atoms with Crippen LogP contribution in [0.25, 0.3) is 0 Å². The molecule has 0 saturated carbocycles. The van der Waals surface area contributed by atoms with Gasteiger partial charge < -0.3 is 15.8 Å². The molecule has 1 rings (SSSR count). The van der Waals surface area contributed by atoms with Crippen molar-refractivity contribution < 1.29 is 13.5 Å². The zero-order chi connectivity index (χ0) is 12.0. The van der Waals surface area contributed by atoms with E-state index in [-0.39, 0.29) is 6.61 Å². The molecule has 0 amide bonds. The molecular weight excluding hydrogens is 216 g/mol. The van der Waals surface area contributed by atoms with Crippen molar-refractivity contribution in [1.29, 1.82) is 0 Å². The summed E-state index contributed by atoms with van der Waals surface area (Å²) in [6.07, 6.45) is -0.773. The fraction of sp³-hybridized carbons (Fsp3) is 0.500. The zero-order valence-corrected chi connectivity index (χ0v) is 9.04. The van der Waals surface area contributed by atoms with E-state index in [0.29, 0.717) is 18.1 Å². The first-order valence-electron chi connectivity index (χ1n) is 4.91. The van der Waals surface area contributed by atoms with Crippen molar-refractivity contribution in [2.45, 2.75) is 13.3 Å². The number of ether oxygens (including phenoxy) is 1. The van der Waals surface area contributed by atoms with Crippen molar-refractivity contribution in [3.05, 3.63) is 17.8 Å². The van der Waals surface area contributed by atoms with Gasteiger partial charge in [-0.3, -0.25) is 0 Å². The van der Waals surface area contributed by atoms with Crippen LogP contribution in [0, 0.1) is 6.92 Å². The topological polar surface area (TPSA) is 60.2 Å². The molecule has 0 saturated heterocycles. The number of aromatic nitrogens is 1. The number of halogens is 2. The molecule has 0 unspecified atom stereocenters. The van der Waals surface area contributed by atoms with E-state index in [1.165, 1.54) is 0 Å². The predicted molar refractivity (Wildman–Crippen MR) is 58.7 cm³/mol. The standard InChI is InChI=1S/C10H15F2N3O/c1-7-5-15-10(4-8(7)13)14-2-3-16-6-9(11)12/h4-5,9H,2-3,6H2,1H3,(H3,13,14,15). The number of nitrogen functional groups attached to an aromatic ring is 1. The Balaban J connectivity index is 2.24. The lowest BCUT2D eigenvalue weighted by molar-refractivity contribution is 0.0215. The van der Waals surface area contributed by atoms with Gasteiger partial charge in [-0.25, -0.2) is 13.8 Å². The highest BCUT2D eigenvalue weighted by molar-refractivity contribution is 5.53. The fourth-order valence-corrected chi connectivity index (χ4v) is 1.06. The van der Waals surface area contributed by atoms with Crippen LogP contribution in [-0.2, 0) is 4.74 Å². The lowest BCUT2D eigenvalue weighted by atomic mass is 10.2. The van der Waals surface area contributed by atoms with Gasteiger partial charge in [0.25, 0.3) is 6.43 Å². The monoisotopic (exact) mass is 231 g/mol. The van der Waals surface area contributed by atoms with Crippen LogP contribution >= 0.6 is 0 Å². The number of anilines is 2. The predicted octanol–water partition coefficient (Wildman–Crippen LogP) is 1.67. The highest BCUT2D eigenvalue weighted by Crippen LogP contribution is 2.12. The molecule has 3 N–H and O–H groups in total. The average Bonchev–Trinajstić information content (AvgIpc) is 2.22. The quantitative estimate of drug-likeness (QED) is 0.731. The fourth-order valence-electron chi connectivity index (χ4n) is 1.06. The summed E-state index contributed by atoms with van der Waals surface area (Å²) >= 11 is 0. The number of rotatable bonds is 6. The van der Waals surface area contributed by atoms with Crippen LogP contribution in [0.3, 0.4) is 0 Å². The van der Waals surface area contributed by atoms with Crippen LogP contribution in [0.4, 0.5) is 20.3 Å². The maximum atomic E-state index is 11.7. The van der Waals surface area contributed by atoms with E-state index < -0.39 is 13.0 Å². The summed E-state index contributed by atoms with van der Waals surface area (Å²) in [5, 5.41) is 2.93. The van der Waals surface area contributed by atoms with Crippen LogP contribution < -0.4 is 11.1 Å². The van der Waals surface area contributed by atoms with Crippen molar-refractivity contribution in [2.24, 2.45) is 0 Å². The highest BCUT2D eigenvalue weighted by atomic mass is 19.3. The Kier molecular flexibility index (Phi) is 4.91. The van der Waals surface area contributed by atoms with Gasteiger partial charge in [0.05, 0.1) is 6.61 Å². The number of nitrogens with zero attached hydrogens (tertiary/aromatic N) is 1. The first kappa shape index (κ1) is 12.6. The van der Waals surface area contributed by atoms with Gasteiger partial charge in [0.1, 0.15) is 12.4 Å². The molecule has 0 atom stereocenters. The van der Waals surface area contributed by atoms with Crippen molar-refractivity contribution >= 4 is 11.5 Å². The number of hydrogen-bond donors (Lipinski definition) is 2. The largest absolute Gasteiger partial charge is 0.398 e. The first-order valence-corrected chi connectivity index (χ1v) is 4.91. The molecule has 90 valence electrons. The van der Waals surface area contributed by atoms with E-state index in [4.69, 9.17) is 10.5 Å². The second-order valence-corrected chi connectivity index (χ2v) is 3.32. The molecule has 0 aliphatic rings. The zero-order valence-electron chi connectivity index (χ0n) is 9.04. The summed E-state index contributed by atoms with van der Waals surface area (Å²) in [5.41, 5.74) is 7.23. The molecule has 16 heavy (non-hydrogen) atoms. The Bertz CT molecular complexity index is 334. The summed E-state index contributed by atoms with van der Waals surface area (Å²) in [6.45, 7) is 1.95. The number of aryl methyl sites for hydroxylation is 1. The molecule has 0 radical (unpaired) electrons. The minimum absolute atomic E-state index is 0.208. The smallest absolute Gasteiger partial charge is 0.261 e. The minimum atomic E-state index is -2.42. The van der Waals surface area contributed by atoms with Crippen LogP contribution in [0.2, 0.25) is 0 Å². The molecule has 6 heteroatoms. The second kappa shape index (κ2) is 6.22. The maximum absolute atomic E-state index is 11.7. The summed E-state index contributed by atoms with van der Waals surface area (Å²) in [7, 11) is 0. The van der Waals surface area contributed by atoms with Gasteiger partial charge in [-0.2, -0.15) is 0 Å². The Morgan fingerprint density at radius 2 is 2.31 bits per heavy atom. The molecule has 0 spiro atoms. The van der Waals surface area contributed by atoms with Crippen LogP contribution in [0.5, 0.6) is 0 Å². The Hall–Kier alpha value is -1.43. The van der Waals surface area contributed by atoms with Crippen molar-refractivity contribution in [3.63, 3.8) is 0 Å². The second-order valence-electron chi connectivity index (χ2n) is 3.32. The Labute approximate surface area is 92.8 Å². The lowest BCUT2D eigenvalue weighted by Crippen LogP contribution is -2.13. The third-order valence-corrected chi connectivity index (χ3v) is 1.94. The van der Waals surface area contributed by atoms with Gasteiger partial charge in [-0.1, -0.05) is 0 Å². The van der Waals surface area contributed by atoms with Gasteiger partial charge in [0.15, 0.2) is 0 Å². The van der Waals surface area contributed by atoms with Crippen molar-refractivity contribution in [1.82, 2.24) is 4.98 Å². The Morgan fingerprint density at radius 3 is 2.94 bits per heavy atom. The van der Waals surface area contributed by atoms with E-state index in [1.807, 2.05) is 6.92 Å².